The summed E-state index contributed by atoms with van der Waals surface area (Å²) in [5, 5.41) is 16.9. The summed E-state index contributed by atoms with van der Waals surface area (Å²) in [6.45, 7) is 13.2. The maximum atomic E-state index is 14.1. The van der Waals surface area contributed by atoms with Gasteiger partial charge in [0.2, 0.25) is 0 Å². The number of anilines is 4. The number of halogens is 1. The van der Waals surface area contributed by atoms with Gasteiger partial charge in [0.15, 0.2) is 0 Å². The van der Waals surface area contributed by atoms with Gasteiger partial charge in [0.05, 0.1) is 63.2 Å². The lowest BCUT2D eigenvalue weighted by Gasteiger charge is -2.21. The number of carboxylic acids is 1. The van der Waals surface area contributed by atoms with Crippen molar-refractivity contribution in [1.29, 1.82) is 0 Å². The van der Waals surface area contributed by atoms with Crippen molar-refractivity contribution in [3.8, 4) is 22.5 Å². The van der Waals surface area contributed by atoms with Crippen molar-refractivity contribution < 1.29 is 23.8 Å². The van der Waals surface area contributed by atoms with E-state index in [1.807, 2.05) is 109 Å². The third kappa shape index (κ3) is 9.66. The number of pyridine rings is 3. The van der Waals surface area contributed by atoms with Crippen LogP contribution in [0.3, 0.4) is 0 Å². The third-order valence-electron chi connectivity index (χ3n) is 8.94. The van der Waals surface area contributed by atoms with Gasteiger partial charge in [-0.3, -0.25) is 15.0 Å². The number of hydrogen-bond donors (Lipinski definition) is 3. The van der Waals surface area contributed by atoms with E-state index in [4.69, 9.17) is 4.74 Å². The second kappa shape index (κ2) is 16.8. The van der Waals surface area contributed by atoms with Crippen LogP contribution >= 0.6 is 0 Å². The molecule has 3 N–H and O–H groups in total. The van der Waals surface area contributed by atoms with Gasteiger partial charge in [0.1, 0.15) is 11.4 Å². The fourth-order valence-corrected chi connectivity index (χ4v) is 6.34. The number of carbonyl (C=O) groups is 2. The molecule has 57 heavy (non-hydrogen) atoms. The van der Waals surface area contributed by atoms with E-state index in [1.54, 1.807) is 55.0 Å². The molecule has 0 radical (unpaired) electrons. The molecule has 9 nitrogen and oxygen atoms in total. The van der Waals surface area contributed by atoms with E-state index >= 15 is 0 Å². The average molecular weight is 762 g/mol. The summed E-state index contributed by atoms with van der Waals surface area (Å²) in [4.78, 5) is 37.7. The van der Waals surface area contributed by atoms with Gasteiger partial charge in [-0.05, 0) is 120 Å². The smallest absolute Gasteiger partial charge is 0.340 e. The molecule has 0 atom stereocenters. The number of aromatic nitrogens is 3. The van der Waals surface area contributed by atoms with Crippen LogP contribution in [0.4, 0.5) is 27.1 Å². The number of rotatable bonds is 8. The molecule has 0 saturated carbocycles. The molecule has 7 rings (SSSR count). The summed E-state index contributed by atoms with van der Waals surface area (Å²) >= 11 is 0. The Bertz CT molecular complexity index is 2610. The van der Waals surface area contributed by atoms with Crippen molar-refractivity contribution in [2.45, 2.75) is 54.1 Å². The molecule has 0 fully saturated rings. The van der Waals surface area contributed by atoms with E-state index in [0.29, 0.717) is 33.9 Å². The Morgan fingerprint density at radius 2 is 1.21 bits per heavy atom. The van der Waals surface area contributed by atoms with Crippen LogP contribution in [0.15, 0.2) is 122 Å². The van der Waals surface area contributed by atoms with Crippen LogP contribution in [0.25, 0.3) is 33.4 Å². The van der Waals surface area contributed by atoms with Crippen molar-refractivity contribution in [3.63, 3.8) is 0 Å². The number of carbonyl (C=O) groups excluding carboxylic acids is 1. The van der Waals surface area contributed by atoms with Crippen LogP contribution in [0.5, 0.6) is 0 Å². The quantitative estimate of drug-likeness (QED) is 0.130. The number of fused-ring (bicyclic) bond motifs is 1. The predicted octanol–water partition coefficient (Wildman–Crippen LogP) is 11.6. The molecule has 3 heterocycles. The number of ether oxygens (including phenoxy) is 1. The van der Waals surface area contributed by atoms with Crippen LogP contribution < -0.4 is 10.6 Å². The van der Waals surface area contributed by atoms with E-state index in [9.17, 15) is 19.1 Å². The van der Waals surface area contributed by atoms with Crippen molar-refractivity contribution in [2.24, 2.45) is 0 Å². The first-order chi connectivity index (χ1) is 27.2. The topological polar surface area (TPSA) is 126 Å². The lowest BCUT2D eigenvalue weighted by Crippen LogP contribution is -2.24. The first kappa shape index (κ1) is 39.7. The highest BCUT2D eigenvalue weighted by molar-refractivity contribution is 5.98. The highest BCUT2D eigenvalue weighted by atomic mass is 19.1. The highest BCUT2D eigenvalue weighted by Gasteiger charge is 2.21. The summed E-state index contributed by atoms with van der Waals surface area (Å²) in [7, 11) is 0. The first-order valence-electron chi connectivity index (χ1n) is 18.4. The van der Waals surface area contributed by atoms with E-state index in [-0.39, 0.29) is 11.4 Å². The number of nitrogens with zero attached hydrogens (tertiary/aromatic N) is 3. The number of aryl methyl sites for hydroxylation is 4. The number of benzene rings is 4. The molecule has 10 heteroatoms. The van der Waals surface area contributed by atoms with Crippen LogP contribution in [0, 0.1) is 33.5 Å². The minimum atomic E-state index is -0.962. The standard InChI is InChI=1S/C24H25FN2O2.C23H19N3O2/c1-15-10-11-21(19(12-15)23(28)29-24(3,4)5)27-17-13-16(2)22(26-14-17)18-8-6-7-9-20(18)25;1-14-8-9-21(19(11-14)23(27)28)26-16-12-15(2)22(25-13-16)18-5-3-7-20-17(18)6-4-10-24-20/h6-14,27H,1-5H3;3-13,26H,1-2H3,(H,27,28). The van der Waals surface area contributed by atoms with E-state index < -0.39 is 17.5 Å². The van der Waals surface area contributed by atoms with Gasteiger partial charge in [-0.15, -0.1) is 0 Å². The molecular formula is C47H44FN5O4. The Hall–Kier alpha value is -6.94. The maximum Gasteiger partial charge on any atom is 0.340 e. The van der Waals surface area contributed by atoms with Gasteiger partial charge in [0, 0.05) is 22.7 Å². The maximum absolute atomic E-state index is 14.1. The van der Waals surface area contributed by atoms with Crippen molar-refractivity contribution in [2.75, 3.05) is 10.6 Å². The van der Waals surface area contributed by atoms with Gasteiger partial charge >= 0.3 is 11.9 Å². The number of nitrogens with one attached hydrogen (secondary N) is 2. The molecule has 0 spiro atoms. The molecule has 3 aromatic heterocycles. The van der Waals surface area contributed by atoms with Crippen LogP contribution in [-0.4, -0.2) is 37.6 Å². The zero-order valence-corrected chi connectivity index (χ0v) is 32.9. The first-order valence-corrected chi connectivity index (χ1v) is 18.4. The monoisotopic (exact) mass is 761 g/mol. The molecule has 7 aromatic rings. The Kier molecular flexibility index (Phi) is 11.7. The highest BCUT2D eigenvalue weighted by Crippen LogP contribution is 2.32. The molecule has 0 aliphatic carbocycles. The zero-order chi connectivity index (χ0) is 40.9. The molecule has 288 valence electrons. The van der Waals surface area contributed by atoms with E-state index in [2.05, 4.69) is 25.6 Å². The van der Waals surface area contributed by atoms with Crippen LogP contribution in [-0.2, 0) is 4.74 Å². The predicted molar refractivity (Wildman–Crippen MR) is 225 cm³/mol. The fourth-order valence-electron chi connectivity index (χ4n) is 6.34. The van der Waals surface area contributed by atoms with Crippen molar-refractivity contribution in [3.05, 3.63) is 161 Å². The molecule has 4 aromatic carbocycles. The number of hydrogen-bond acceptors (Lipinski definition) is 8. The van der Waals surface area contributed by atoms with E-state index in [1.165, 1.54) is 6.07 Å². The van der Waals surface area contributed by atoms with Gasteiger partial charge in [-0.2, -0.15) is 0 Å². The van der Waals surface area contributed by atoms with E-state index in [0.717, 1.165) is 50.1 Å². The Labute approximate surface area is 331 Å². The summed E-state index contributed by atoms with van der Waals surface area (Å²) in [6.07, 6.45) is 5.14. The Morgan fingerprint density at radius 1 is 0.649 bits per heavy atom. The second-order valence-corrected chi connectivity index (χ2v) is 14.8. The number of esters is 1. The normalized spacial score (nSPS) is 11.0. The minimum Gasteiger partial charge on any atom is -0.478 e. The van der Waals surface area contributed by atoms with Crippen LogP contribution in [0.2, 0.25) is 0 Å². The molecule has 0 aliphatic heterocycles. The largest absolute Gasteiger partial charge is 0.478 e. The second-order valence-electron chi connectivity index (χ2n) is 14.8. The van der Waals surface area contributed by atoms with Gasteiger partial charge in [0.25, 0.3) is 0 Å². The molecular weight excluding hydrogens is 718 g/mol. The average Bonchev–Trinajstić information content (AvgIpc) is 3.16. The Morgan fingerprint density at radius 3 is 1.79 bits per heavy atom. The lowest BCUT2D eigenvalue weighted by molar-refractivity contribution is 0.00703. The van der Waals surface area contributed by atoms with Crippen molar-refractivity contribution in [1.82, 2.24) is 15.0 Å². The summed E-state index contributed by atoms with van der Waals surface area (Å²) in [5.41, 5.74) is 10.3. The Balaban J connectivity index is 0.000000193. The fraction of sp³-hybridized carbons (Fsp3) is 0.170. The number of carboxylic acid groups (broad SMARTS) is 1. The molecule has 0 bridgehead atoms. The van der Waals surface area contributed by atoms with Gasteiger partial charge in [-0.1, -0.05) is 53.6 Å². The number of aromatic carboxylic acids is 1. The molecule has 0 amide bonds. The van der Waals surface area contributed by atoms with Gasteiger partial charge < -0.3 is 20.5 Å². The van der Waals surface area contributed by atoms with Crippen molar-refractivity contribution >= 4 is 45.6 Å². The summed E-state index contributed by atoms with van der Waals surface area (Å²) in [6, 6.07) is 31.2. The molecule has 0 aliphatic rings. The molecule has 0 unspecified atom stereocenters. The van der Waals surface area contributed by atoms with Gasteiger partial charge in [-0.25, -0.2) is 14.0 Å². The molecule has 0 saturated heterocycles. The summed E-state index contributed by atoms with van der Waals surface area (Å²) < 4.78 is 19.6. The lowest BCUT2D eigenvalue weighted by atomic mass is 10.0. The zero-order valence-electron chi connectivity index (χ0n) is 32.9. The third-order valence-corrected chi connectivity index (χ3v) is 8.94. The minimum absolute atomic E-state index is 0.238. The van der Waals surface area contributed by atoms with Crippen LogP contribution in [0.1, 0.15) is 63.7 Å². The SMILES string of the molecule is Cc1ccc(Nc2cnc(-c3cccc4ncccc34)c(C)c2)c(C(=O)O)c1.Cc1ccc(Nc2cnc(-c3ccccc3F)c(C)c2)c(C(=O)OC(C)(C)C)c1. The summed E-state index contributed by atoms with van der Waals surface area (Å²) in [5.74, 6) is -1.67.